The lowest BCUT2D eigenvalue weighted by molar-refractivity contribution is 0.325. The minimum absolute atomic E-state index is 0.00872. The summed E-state index contributed by atoms with van der Waals surface area (Å²) in [7, 11) is 1.86. The molecule has 0 aliphatic heterocycles. The summed E-state index contributed by atoms with van der Waals surface area (Å²) in [6, 6.07) is 6.59. The Hall–Kier alpha value is -2.61. The molecule has 0 aliphatic rings. The maximum atomic E-state index is 13.7. The van der Waals surface area contributed by atoms with Gasteiger partial charge in [0, 0.05) is 13.5 Å². The average Bonchev–Trinajstić information content (AvgIpc) is 3.19. The molecule has 1 aromatic carbocycles. The molecule has 2 heterocycles. The number of rotatable bonds is 7. The third-order valence-corrected chi connectivity index (χ3v) is 3.98. The molecule has 0 fully saturated rings. The summed E-state index contributed by atoms with van der Waals surface area (Å²) < 4.78 is 20.7. The molecule has 132 valence electrons. The van der Waals surface area contributed by atoms with Crippen LogP contribution in [0.1, 0.15) is 43.0 Å². The zero-order chi connectivity index (χ0) is 17.8. The number of aryl methyl sites for hydroxylation is 1. The summed E-state index contributed by atoms with van der Waals surface area (Å²) in [4.78, 5) is 8.63. The van der Waals surface area contributed by atoms with E-state index in [0.29, 0.717) is 36.2 Å². The Kier molecular flexibility index (Phi) is 5.18. The van der Waals surface area contributed by atoms with E-state index in [4.69, 9.17) is 4.52 Å². The van der Waals surface area contributed by atoms with Crippen LogP contribution in [-0.2, 0) is 20.0 Å². The summed E-state index contributed by atoms with van der Waals surface area (Å²) >= 11 is 0. The fraction of sp³-hybridized carbons (Fsp3) is 0.412. The van der Waals surface area contributed by atoms with Crippen molar-refractivity contribution in [1.82, 2.24) is 30.2 Å². The highest BCUT2D eigenvalue weighted by molar-refractivity contribution is 5.20. The van der Waals surface area contributed by atoms with E-state index in [1.807, 2.05) is 7.05 Å². The van der Waals surface area contributed by atoms with Crippen LogP contribution in [0.25, 0.3) is 0 Å². The first-order valence-corrected chi connectivity index (χ1v) is 8.16. The lowest BCUT2D eigenvalue weighted by atomic mass is 10.0. The van der Waals surface area contributed by atoms with Gasteiger partial charge in [-0.05, 0) is 17.5 Å². The second-order valence-electron chi connectivity index (χ2n) is 6.22. The molecule has 25 heavy (non-hydrogen) atoms. The standard InChI is InChI=1S/C17H21FN6O/c1-11(2)16(17-20-10-21-24(17)3)19-9-15-22-14(23-25-15)8-12-6-4-5-7-13(12)18/h4-7,10-11,16,19H,8-9H2,1-3H3. The van der Waals surface area contributed by atoms with Gasteiger partial charge >= 0.3 is 0 Å². The van der Waals surface area contributed by atoms with Crippen molar-refractivity contribution in [2.24, 2.45) is 13.0 Å². The van der Waals surface area contributed by atoms with E-state index < -0.39 is 0 Å². The Bertz CT molecular complexity index is 828. The Morgan fingerprint density at radius 1 is 1.28 bits per heavy atom. The van der Waals surface area contributed by atoms with E-state index in [-0.39, 0.29) is 11.9 Å². The monoisotopic (exact) mass is 344 g/mol. The molecule has 0 bridgehead atoms. The van der Waals surface area contributed by atoms with Gasteiger partial charge in [0.15, 0.2) is 5.82 Å². The van der Waals surface area contributed by atoms with Gasteiger partial charge in [-0.25, -0.2) is 9.37 Å². The van der Waals surface area contributed by atoms with E-state index >= 15 is 0 Å². The lowest BCUT2D eigenvalue weighted by Crippen LogP contribution is -2.28. The number of halogens is 1. The minimum atomic E-state index is -0.269. The molecule has 3 rings (SSSR count). The number of nitrogens with zero attached hydrogens (tertiary/aromatic N) is 5. The van der Waals surface area contributed by atoms with Crippen molar-refractivity contribution in [1.29, 1.82) is 0 Å². The topological polar surface area (TPSA) is 81.7 Å². The number of nitrogens with one attached hydrogen (secondary N) is 1. The van der Waals surface area contributed by atoms with Crippen molar-refractivity contribution < 1.29 is 8.91 Å². The van der Waals surface area contributed by atoms with Gasteiger partial charge in [0.2, 0.25) is 5.89 Å². The molecule has 7 nitrogen and oxygen atoms in total. The molecule has 1 unspecified atom stereocenters. The molecule has 3 aromatic rings. The van der Waals surface area contributed by atoms with E-state index in [0.717, 1.165) is 5.82 Å². The van der Waals surface area contributed by atoms with Gasteiger partial charge < -0.3 is 4.52 Å². The van der Waals surface area contributed by atoms with Crippen LogP contribution in [0.5, 0.6) is 0 Å². The molecule has 0 spiro atoms. The molecular formula is C17H21FN6O. The fourth-order valence-corrected chi connectivity index (χ4v) is 2.65. The van der Waals surface area contributed by atoms with E-state index in [2.05, 4.69) is 39.4 Å². The van der Waals surface area contributed by atoms with Crippen LogP contribution >= 0.6 is 0 Å². The average molecular weight is 344 g/mol. The van der Waals surface area contributed by atoms with Gasteiger partial charge in [0.05, 0.1) is 12.6 Å². The van der Waals surface area contributed by atoms with Gasteiger partial charge in [-0.2, -0.15) is 10.1 Å². The maximum Gasteiger partial charge on any atom is 0.240 e. The molecule has 0 amide bonds. The maximum absolute atomic E-state index is 13.7. The van der Waals surface area contributed by atoms with Crippen molar-refractivity contribution >= 4 is 0 Å². The lowest BCUT2D eigenvalue weighted by Gasteiger charge is -2.20. The highest BCUT2D eigenvalue weighted by Gasteiger charge is 2.21. The van der Waals surface area contributed by atoms with Gasteiger partial charge in [-0.1, -0.05) is 37.2 Å². The fourth-order valence-electron chi connectivity index (χ4n) is 2.65. The first kappa shape index (κ1) is 17.2. The Morgan fingerprint density at radius 3 is 2.76 bits per heavy atom. The molecular weight excluding hydrogens is 323 g/mol. The summed E-state index contributed by atoms with van der Waals surface area (Å²) in [5.41, 5.74) is 0.543. The van der Waals surface area contributed by atoms with Crippen LogP contribution in [0.4, 0.5) is 4.39 Å². The SMILES string of the molecule is CC(C)C(NCc1nc(Cc2ccccc2F)no1)c1ncnn1C. The van der Waals surface area contributed by atoms with Crippen LogP contribution < -0.4 is 5.32 Å². The molecule has 1 atom stereocenters. The largest absolute Gasteiger partial charge is 0.338 e. The molecule has 0 aliphatic carbocycles. The zero-order valence-electron chi connectivity index (χ0n) is 14.5. The highest BCUT2D eigenvalue weighted by atomic mass is 19.1. The Balaban J connectivity index is 1.65. The summed E-state index contributed by atoms with van der Waals surface area (Å²) in [5, 5.41) is 11.4. The van der Waals surface area contributed by atoms with E-state index in [1.165, 1.54) is 12.4 Å². The molecule has 0 saturated carbocycles. The second kappa shape index (κ2) is 7.52. The Morgan fingerprint density at radius 2 is 2.08 bits per heavy atom. The van der Waals surface area contributed by atoms with Crippen molar-refractivity contribution in [3.05, 3.63) is 59.5 Å². The second-order valence-corrected chi connectivity index (χ2v) is 6.22. The number of hydrogen-bond donors (Lipinski definition) is 1. The van der Waals surface area contributed by atoms with E-state index in [1.54, 1.807) is 22.9 Å². The number of aromatic nitrogens is 5. The first-order chi connectivity index (χ1) is 12.0. The zero-order valence-corrected chi connectivity index (χ0v) is 14.5. The van der Waals surface area contributed by atoms with Crippen LogP contribution in [0, 0.1) is 11.7 Å². The molecule has 0 saturated heterocycles. The van der Waals surface area contributed by atoms with Crippen molar-refractivity contribution in [2.45, 2.75) is 32.9 Å². The van der Waals surface area contributed by atoms with Crippen LogP contribution in [0.2, 0.25) is 0 Å². The Labute approximate surface area is 145 Å². The number of hydrogen-bond acceptors (Lipinski definition) is 6. The van der Waals surface area contributed by atoms with Gasteiger partial charge in [-0.15, -0.1) is 0 Å². The summed E-state index contributed by atoms with van der Waals surface area (Å²) in [6.07, 6.45) is 1.83. The molecule has 1 N–H and O–H groups in total. The normalized spacial score (nSPS) is 12.7. The number of benzene rings is 1. The summed E-state index contributed by atoms with van der Waals surface area (Å²) in [5.74, 6) is 1.81. The van der Waals surface area contributed by atoms with Crippen molar-refractivity contribution in [3.63, 3.8) is 0 Å². The quantitative estimate of drug-likeness (QED) is 0.709. The molecule has 8 heteroatoms. The van der Waals surface area contributed by atoms with Crippen LogP contribution in [-0.4, -0.2) is 24.9 Å². The van der Waals surface area contributed by atoms with Gasteiger partial charge in [0.25, 0.3) is 0 Å². The van der Waals surface area contributed by atoms with Gasteiger partial charge in [-0.3, -0.25) is 10.00 Å². The predicted octanol–water partition coefficient (Wildman–Crippen LogP) is 2.41. The summed E-state index contributed by atoms with van der Waals surface area (Å²) in [6.45, 7) is 4.60. The van der Waals surface area contributed by atoms with Gasteiger partial charge in [0.1, 0.15) is 18.0 Å². The molecule has 0 radical (unpaired) electrons. The first-order valence-electron chi connectivity index (χ1n) is 8.16. The highest BCUT2D eigenvalue weighted by Crippen LogP contribution is 2.19. The smallest absolute Gasteiger partial charge is 0.240 e. The van der Waals surface area contributed by atoms with Crippen molar-refractivity contribution in [3.8, 4) is 0 Å². The minimum Gasteiger partial charge on any atom is -0.338 e. The van der Waals surface area contributed by atoms with Crippen LogP contribution in [0.15, 0.2) is 35.1 Å². The predicted molar refractivity (Wildman–Crippen MR) is 88.9 cm³/mol. The van der Waals surface area contributed by atoms with Crippen LogP contribution in [0.3, 0.4) is 0 Å². The van der Waals surface area contributed by atoms with Crippen molar-refractivity contribution in [2.75, 3.05) is 0 Å². The van der Waals surface area contributed by atoms with E-state index in [9.17, 15) is 4.39 Å². The third kappa shape index (κ3) is 4.08. The third-order valence-electron chi connectivity index (χ3n) is 3.98. The molecule has 2 aromatic heterocycles.